The van der Waals surface area contributed by atoms with Gasteiger partial charge in [-0.05, 0) is 31.4 Å². The number of rotatable bonds is 7. The first-order chi connectivity index (χ1) is 11.5. The monoisotopic (exact) mass is 326 g/mol. The zero-order valence-corrected chi connectivity index (χ0v) is 14.2. The molecule has 0 atom stereocenters. The highest BCUT2D eigenvalue weighted by Crippen LogP contribution is 2.15. The predicted octanol–water partition coefficient (Wildman–Crippen LogP) is 3.20. The van der Waals surface area contributed by atoms with Gasteiger partial charge in [-0.2, -0.15) is 0 Å². The fourth-order valence-corrected chi connectivity index (χ4v) is 2.03. The van der Waals surface area contributed by atoms with Crippen LogP contribution in [-0.4, -0.2) is 28.2 Å². The summed E-state index contributed by atoms with van der Waals surface area (Å²) in [5.74, 6) is 0.724. The third-order valence-electron chi connectivity index (χ3n) is 3.45. The van der Waals surface area contributed by atoms with Crippen molar-refractivity contribution in [3.8, 4) is 0 Å². The second kappa shape index (κ2) is 8.19. The maximum Gasteiger partial charge on any atom is 0.254 e. The van der Waals surface area contributed by atoms with E-state index in [1.54, 1.807) is 18.2 Å². The molecule has 1 aromatic carbocycles. The number of anilines is 2. The molecular formula is C18H22N4O2. The summed E-state index contributed by atoms with van der Waals surface area (Å²) in [5, 5.41) is 5.86. The lowest BCUT2D eigenvalue weighted by atomic mass is 10.1. The molecule has 1 amide bonds. The van der Waals surface area contributed by atoms with Gasteiger partial charge in [-0.15, -0.1) is 0 Å². The van der Waals surface area contributed by atoms with Crippen molar-refractivity contribution in [2.45, 2.75) is 27.2 Å². The van der Waals surface area contributed by atoms with Crippen molar-refractivity contribution in [1.29, 1.82) is 0 Å². The second-order valence-electron chi connectivity index (χ2n) is 6.00. The van der Waals surface area contributed by atoms with Gasteiger partial charge in [0, 0.05) is 30.2 Å². The molecule has 0 aliphatic heterocycles. The van der Waals surface area contributed by atoms with Crippen LogP contribution in [0.15, 0.2) is 36.7 Å². The summed E-state index contributed by atoms with van der Waals surface area (Å²) in [6, 6.07) is 7.09. The van der Waals surface area contributed by atoms with E-state index in [1.807, 2.05) is 6.07 Å². The van der Waals surface area contributed by atoms with E-state index in [2.05, 4.69) is 34.4 Å². The largest absolute Gasteiger partial charge is 0.352 e. The molecule has 0 unspecified atom stereocenters. The fourth-order valence-electron chi connectivity index (χ4n) is 2.03. The number of nitrogens with zero attached hydrogens (tertiary/aromatic N) is 2. The molecule has 0 bridgehead atoms. The van der Waals surface area contributed by atoms with Gasteiger partial charge in [0.05, 0.1) is 5.56 Å². The van der Waals surface area contributed by atoms with Crippen LogP contribution in [0.25, 0.3) is 0 Å². The van der Waals surface area contributed by atoms with E-state index in [-0.39, 0.29) is 11.7 Å². The molecule has 0 saturated heterocycles. The number of hydrogen-bond donors (Lipinski definition) is 2. The highest BCUT2D eigenvalue weighted by atomic mass is 16.1. The Morgan fingerprint density at radius 3 is 2.46 bits per heavy atom. The SMILES string of the molecule is CC(=O)c1cccc(Nc2ncc(C(=O)NCCC(C)C)cn2)c1. The Labute approximate surface area is 141 Å². The molecule has 2 N–H and O–H groups in total. The molecule has 2 aromatic rings. The number of amides is 1. The Bertz CT molecular complexity index is 711. The van der Waals surface area contributed by atoms with E-state index in [0.717, 1.165) is 12.1 Å². The van der Waals surface area contributed by atoms with Gasteiger partial charge in [0.25, 0.3) is 5.91 Å². The van der Waals surface area contributed by atoms with Crippen LogP contribution in [-0.2, 0) is 0 Å². The van der Waals surface area contributed by atoms with Crippen LogP contribution in [0.3, 0.4) is 0 Å². The highest BCUT2D eigenvalue weighted by molar-refractivity contribution is 5.95. The molecule has 0 aliphatic carbocycles. The Morgan fingerprint density at radius 1 is 1.12 bits per heavy atom. The molecule has 0 spiro atoms. The number of Topliss-reactive ketones (excluding diaryl/α,β-unsaturated/α-hetero) is 1. The molecule has 2 rings (SSSR count). The number of ketones is 1. The van der Waals surface area contributed by atoms with Gasteiger partial charge < -0.3 is 10.6 Å². The Hall–Kier alpha value is -2.76. The topological polar surface area (TPSA) is 84.0 Å². The van der Waals surface area contributed by atoms with E-state index >= 15 is 0 Å². The second-order valence-corrected chi connectivity index (χ2v) is 6.00. The maximum absolute atomic E-state index is 12.0. The molecular weight excluding hydrogens is 304 g/mol. The molecule has 1 heterocycles. The van der Waals surface area contributed by atoms with E-state index < -0.39 is 0 Å². The number of carbonyl (C=O) groups is 2. The summed E-state index contributed by atoms with van der Waals surface area (Å²) in [4.78, 5) is 31.7. The van der Waals surface area contributed by atoms with Gasteiger partial charge in [0.2, 0.25) is 5.95 Å². The molecule has 126 valence electrons. The molecule has 0 fully saturated rings. The first kappa shape index (κ1) is 17.6. The average Bonchev–Trinajstić information content (AvgIpc) is 2.55. The Balaban J connectivity index is 1.98. The highest BCUT2D eigenvalue weighted by Gasteiger charge is 2.08. The quantitative estimate of drug-likeness (QED) is 0.763. The third kappa shape index (κ3) is 5.15. The van der Waals surface area contributed by atoms with Crippen LogP contribution >= 0.6 is 0 Å². The van der Waals surface area contributed by atoms with E-state index in [9.17, 15) is 9.59 Å². The molecule has 24 heavy (non-hydrogen) atoms. The summed E-state index contributed by atoms with van der Waals surface area (Å²) in [7, 11) is 0. The van der Waals surface area contributed by atoms with Gasteiger partial charge in [0.1, 0.15) is 0 Å². The van der Waals surface area contributed by atoms with E-state index in [0.29, 0.717) is 29.5 Å². The van der Waals surface area contributed by atoms with Crippen LogP contribution in [0.2, 0.25) is 0 Å². The minimum Gasteiger partial charge on any atom is -0.352 e. The smallest absolute Gasteiger partial charge is 0.254 e. The maximum atomic E-state index is 12.0. The fraction of sp³-hybridized carbons (Fsp3) is 0.333. The third-order valence-corrected chi connectivity index (χ3v) is 3.45. The molecule has 0 saturated carbocycles. The van der Waals surface area contributed by atoms with Gasteiger partial charge in [0.15, 0.2) is 5.78 Å². The standard InChI is InChI=1S/C18H22N4O2/c1-12(2)7-8-19-17(24)15-10-20-18(21-11-15)22-16-6-4-5-14(9-16)13(3)23/h4-6,9-12H,7-8H2,1-3H3,(H,19,24)(H,20,21,22). The van der Waals surface area contributed by atoms with Crippen molar-refractivity contribution in [3.63, 3.8) is 0 Å². The van der Waals surface area contributed by atoms with Crippen molar-refractivity contribution in [1.82, 2.24) is 15.3 Å². The zero-order valence-electron chi connectivity index (χ0n) is 14.2. The molecule has 6 heteroatoms. The molecule has 6 nitrogen and oxygen atoms in total. The van der Waals surface area contributed by atoms with Crippen molar-refractivity contribution in [3.05, 3.63) is 47.8 Å². The van der Waals surface area contributed by atoms with Gasteiger partial charge in [-0.3, -0.25) is 9.59 Å². The molecule has 0 aliphatic rings. The van der Waals surface area contributed by atoms with Crippen molar-refractivity contribution in [2.24, 2.45) is 5.92 Å². The van der Waals surface area contributed by atoms with Crippen LogP contribution in [0, 0.1) is 5.92 Å². The summed E-state index contributed by atoms with van der Waals surface area (Å²) in [6.45, 7) is 6.37. The van der Waals surface area contributed by atoms with Gasteiger partial charge >= 0.3 is 0 Å². The summed E-state index contributed by atoms with van der Waals surface area (Å²) >= 11 is 0. The molecule has 1 aromatic heterocycles. The normalized spacial score (nSPS) is 10.5. The van der Waals surface area contributed by atoms with Gasteiger partial charge in [-0.25, -0.2) is 9.97 Å². The minimum absolute atomic E-state index is 0.00650. The minimum atomic E-state index is -0.180. The lowest BCUT2D eigenvalue weighted by molar-refractivity contribution is 0.0950. The summed E-state index contributed by atoms with van der Waals surface area (Å²) in [5.41, 5.74) is 1.75. The van der Waals surface area contributed by atoms with E-state index in [4.69, 9.17) is 0 Å². The number of hydrogen-bond acceptors (Lipinski definition) is 5. The number of nitrogens with one attached hydrogen (secondary N) is 2. The first-order valence-corrected chi connectivity index (χ1v) is 7.94. The van der Waals surface area contributed by atoms with Crippen LogP contribution < -0.4 is 10.6 Å². The number of aromatic nitrogens is 2. The lowest BCUT2D eigenvalue weighted by Crippen LogP contribution is -2.25. The van der Waals surface area contributed by atoms with Crippen molar-refractivity contribution in [2.75, 3.05) is 11.9 Å². The van der Waals surface area contributed by atoms with Crippen molar-refractivity contribution < 1.29 is 9.59 Å². The lowest BCUT2D eigenvalue weighted by Gasteiger charge is -2.08. The summed E-state index contributed by atoms with van der Waals surface area (Å²) in [6.07, 6.45) is 3.89. The number of carbonyl (C=O) groups excluding carboxylic acids is 2. The van der Waals surface area contributed by atoms with Gasteiger partial charge in [-0.1, -0.05) is 26.0 Å². The number of benzene rings is 1. The first-order valence-electron chi connectivity index (χ1n) is 7.94. The van der Waals surface area contributed by atoms with Crippen LogP contribution in [0.4, 0.5) is 11.6 Å². The van der Waals surface area contributed by atoms with Crippen LogP contribution in [0.5, 0.6) is 0 Å². The average molecular weight is 326 g/mol. The van der Waals surface area contributed by atoms with Crippen LogP contribution in [0.1, 0.15) is 47.9 Å². The Kier molecular flexibility index (Phi) is 6.01. The molecule has 0 radical (unpaired) electrons. The Morgan fingerprint density at radius 2 is 1.83 bits per heavy atom. The zero-order chi connectivity index (χ0) is 17.5. The summed E-state index contributed by atoms with van der Waals surface area (Å²) < 4.78 is 0. The predicted molar refractivity (Wildman–Crippen MR) is 93.5 cm³/mol. The van der Waals surface area contributed by atoms with E-state index in [1.165, 1.54) is 19.3 Å². The van der Waals surface area contributed by atoms with Crippen molar-refractivity contribution >= 4 is 23.3 Å².